The van der Waals surface area contributed by atoms with E-state index in [1.165, 1.54) is 12.3 Å². The van der Waals surface area contributed by atoms with E-state index < -0.39 is 5.60 Å². The first kappa shape index (κ1) is 16.7. The van der Waals surface area contributed by atoms with Crippen molar-refractivity contribution >= 4 is 12.0 Å². The molecule has 0 aliphatic heterocycles. The van der Waals surface area contributed by atoms with Gasteiger partial charge >= 0.3 is 0 Å². The molecule has 1 amide bonds. The molecule has 0 bridgehead atoms. The molecule has 2 aromatic heterocycles. The van der Waals surface area contributed by atoms with Gasteiger partial charge in [0.25, 0.3) is 0 Å². The Kier molecular flexibility index (Phi) is 4.81. The molecule has 0 saturated carbocycles. The van der Waals surface area contributed by atoms with Crippen molar-refractivity contribution in [2.45, 2.75) is 12.5 Å². The van der Waals surface area contributed by atoms with E-state index in [0.29, 0.717) is 5.76 Å². The summed E-state index contributed by atoms with van der Waals surface area (Å²) in [6, 6.07) is 13.1. The lowest BCUT2D eigenvalue weighted by molar-refractivity contribution is -0.117. The fourth-order valence-corrected chi connectivity index (χ4v) is 2.31. The van der Waals surface area contributed by atoms with Gasteiger partial charge in [-0.2, -0.15) is 5.10 Å². The lowest BCUT2D eigenvalue weighted by Crippen LogP contribution is -2.37. The van der Waals surface area contributed by atoms with Crippen LogP contribution in [0.4, 0.5) is 0 Å². The van der Waals surface area contributed by atoms with Crippen LogP contribution in [0.15, 0.2) is 71.6 Å². The highest BCUT2D eigenvalue weighted by atomic mass is 16.4. The minimum atomic E-state index is -1.26. The van der Waals surface area contributed by atoms with Gasteiger partial charge in [0, 0.05) is 17.8 Å². The van der Waals surface area contributed by atoms with Gasteiger partial charge in [0.15, 0.2) is 0 Å². The number of carbonyl (C=O) groups is 1. The van der Waals surface area contributed by atoms with E-state index in [0.717, 1.165) is 11.3 Å². The number of para-hydroxylation sites is 1. The van der Waals surface area contributed by atoms with E-state index in [9.17, 15) is 9.90 Å². The van der Waals surface area contributed by atoms with Crippen molar-refractivity contribution in [3.8, 4) is 5.69 Å². The quantitative estimate of drug-likeness (QED) is 0.677. The molecule has 3 aromatic rings. The lowest BCUT2D eigenvalue weighted by Gasteiger charge is -2.20. The molecule has 0 fully saturated rings. The molecule has 0 aliphatic carbocycles. The second kappa shape index (κ2) is 7.19. The first-order valence-corrected chi connectivity index (χ1v) is 7.87. The Bertz CT molecular complexity index is 849. The highest BCUT2D eigenvalue weighted by molar-refractivity contribution is 5.91. The van der Waals surface area contributed by atoms with Gasteiger partial charge < -0.3 is 14.8 Å². The van der Waals surface area contributed by atoms with Crippen LogP contribution >= 0.6 is 0 Å². The van der Waals surface area contributed by atoms with Crippen LogP contribution in [0, 0.1) is 0 Å². The van der Waals surface area contributed by atoms with Crippen molar-refractivity contribution in [1.82, 2.24) is 15.1 Å². The number of furan rings is 1. The Balaban J connectivity index is 1.57. The van der Waals surface area contributed by atoms with Gasteiger partial charge in [-0.05, 0) is 37.3 Å². The van der Waals surface area contributed by atoms with Gasteiger partial charge in [0.1, 0.15) is 11.4 Å². The van der Waals surface area contributed by atoms with Gasteiger partial charge in [-0.15, -0.1) is 0 Å². The van der Waals surface area contributed by atoms with Gasteiger partial charge in [-0.1, -0.05) is 18.2 Å². The molecule has 6 nitrogen and oxygen atoms in total. The highest BCUT2D eigenvalue weighted by Gasteiger charge is 2.26. The fraction of sp³-hybridized carbons (Fsp3) is 0.158. The van der Waals surface area contributed by atoms with E-state index in [2.05, 4.69) is 10.4 Å². The summed E-state index contributed by atoms with van der Waals surface area (Å²) in [5.41, 5.74) is 0.489. The number of carbonyl (C=O) groups excluding carboxylic acids is 1. The average molecular weight is 337 g/mol. The average Bonchev–Trinajstić information content (AvgIpc) is 3.31. The molecule has 0 aliphatic rings. The molecule has 128 valence electrons. The molecule has 0 radical (unpaired) electrons. The van der Waals surface area contributed by atoms with Crippen LogP contribution in [0.2, 0.25) is 0 Å². The van der Waals surface area contributed by atoms with E-state index in [1.54, 1.807) is 36.0 Å². The number of hydrogen-bond acceptors (Lipinski definition) is 4. The van der Waals surface area contributed by atoms with Gasteiger partial charge in [-0.3, -0.25) is 4.79 Å². The van der Waals surface area contributed by atoms with Crippen LogP contribution in [0.25, 0.3) is 11.8 Å². The van der Waals surface area contributed by atoms with Crippen LogP contribution in [0.3, 0.4) is 0 Å². The molecule has 3 rings (SSSR count). The molecular weight excluding hydrogens is 318 g/mol. The maximum absolute atomic E-state index is 11.9. The molecule has 1 unspecified atom stereocenters. The summed E-state index contributed by atoms with van der Waals surface area (Å²) < 4.78 is 6.91. The number of hydrogen-bond donors (Lipinski definition) is 2. The standard InChI is InChI=1S/C19H19N3O3/c1-19(24,17-8-5-11-25-17)14-20-18(23)10-9-15-12-21-22(13-15)16-6-3-2-4-7-16/h2-13,24H,14H2,1H3,(H,20,23). The van der Waals surface area contributed by atoms with E-state index in [-0.39, 0.29) is 12.5 Å². The zero-order valence-electron chi connectivity index (χ0n) is 13.8. The third-order valence-corrected chi connectivity index (χ3v) is 3.71. The largest absolute Gasteiger partial charge is 0.466 e. The van der Waals surface area contributed by atoms with Crippen molar-refractivity contribution in [2.24, 2.45) is 0 Å². The third-order valence-electron chi connectivity index (χ3n) is 3.71. The molecule has 6 heteroatoms. The Morgan fingerprint density at radius 3 is 2.84 bits per heavy atom. The number of rotatable bonds is 6. The van der Waals surface area contributed by atoms with Crippen molar-refractivity contribution in [3.05, 3.63) is 78.5 Å². The first-order chi connectivity index (χ1) is 12.0. The topological polar surface area (TPSA) is 80.3 Å². The van der Waals surface area contributed by atoms with Crippen LogP contribution in [0.1, 0.15) is 18.2 Å². The fourth-order valence-electron chi connectivity index (χ4n) is 2.31. The number of aromatic nitrogens is 2. The maximum Gasteiger partial charge on any atom is 0.244 e. The smallest absolute Gasteiger partial charge is 0.244 e. The van der Waals surface area contributed by atoms with Crippen LogP contribution in [-0.4, -0.2) is 27.3 Å². The second-order valence-electron chi connectivity index (χ2n) is 5.86. The molecule has 0 spiro atoms. The zero-order valence-corrected chi connectivity index (χ0v) is 13.8. The van der Waals surface area contributed by atoms with E-state index >= 15 is 0 Å². The Labute approximate surface area is 145 Å². The molecular formula is C19H19N3O3. The van der Waals surface area contributed by atoms with Gasteiger partial charge in [0.05, 0.1) is 24.7 Å². The van der Waals surface area contributed by atoms with E-state index in [1.807, 2.05) is 36.5 Å². The molecule has 1 atom stereocenters. The second-order valence-corrected chi connectivity index (χ2v) is 5.86. The predicted molar refractivity (Wildman–Crippen MR) is 93.9 cm³/mol. The molecule has 1 aromatic carbocycles. The number of nitrogens with one attached hydrogen (secondary N) is 1. The normalized spacial score (nSPS) is 13.7. The lowest BCUT2D eigenvalue weighted by atomic mass is 10.0. The summed E-state index contributed by atoms with van der Waals surface area (Å²) in [6.07, 6.45) is 8.07. The Morgan fingerprint density at radius 2 is 2.12 bits per heavy atom. The van der Waals surface area contributed by atoms with Gasteiger partial charge in [-0.25, -0.2) is 4.68 Å². The predicted octanol–water partition coefficient (Wildman–Crippen LogP) is 2.50. The number of aliphatic hydroxyl groups is 1. The maximum atomic E-state index is 11.9. The van der Waals surface area contributed by atoms with Crippen molar-refractivity contribution in [3.63, 3.8) is 0 Å². The zero-order chi connectivity index (χ0) is 17.7. The van der Waals surface area contributed by atoms with Crippen LogP contribution < -0.4 is 5.32 Å². The van der Waals surface area contributed by atoms with Crippen LogP contribution in [0.5, 0.6) is 0 Å². The summed E-state index contributed by atoms with van der Waals surface area (Å²) in [5, 5.41) is 17.2. The number of benzene rings is 1. The van der Waals surface area contributed by atoms with Crippen LogP contribution in [-0.2, 0) is 10.4 Å². The summed E-state index contributed by atoms with van der Waals surface area (Å²) >= 11 is 0. The molecule has 2 N–H and O–H groups in total. The summed E-state index contributed by atoms with van der Waals surface area (Å²) in [4.78, 5) is 11.9. The third kappa shape index (κ3) is 4.24. The van der Waals surface area contributed by atoms with Crippen molar-refractivity contribution < 1.29 is 14.3 Å². The SMILES string of the molecule is CC(O)(CNC(=O)C=Cc1cnn(-c2ccccc2)c1)c1ccco1. The van der Waals surface area contributed by atoms with Crippen molar-refractivity contribution in [2.75, 3.05) is 6.54 Å². The minimum absolute atomic E-state index is 0.0486. The summed E-state index contributed by atoms with van der Waals surface area (Å²) in [7, 11) is 0. The number of nitrogens with zero attached hydrogens (tertiary/aromatic N) is 2. The summed E-state index contributed by atoms with van der Waals surface area (Å²) in [5.74, 6) is 0.0974. The summed E-state index contributed by atoms with van der Waals surface area (Å²) in [6.45, 7) is 1.63. The van der Waals surface area contributed by atoms with Crippen molar-refractivity contribution in [1.29, 1.82) is 0 Å². The number of amides is 1. The van der Waals surface area contributed by atoms with E-state index in [4.69, 9.17) is 4.42 Å². The Hall–Kier alpha value is -3.12. The molecule has 2 heterocycles. The van der Waals surface area contributed by atoms with Gasteiger partial charge in [0.2, 0.25) is 5.91 Å². The molecule has 25 heavy (non-hydrogen) atoms. The first-order valence-electron chi connectivity index (χ1n) is 7.87. The monoisotopic (exact) mass is 337 g/mol. The highest BCUT2D eigenvalue weighted by Crippen LogP contribution is 2.19. The molecule has 0 saturated heterocycles. The minimum Gasteiger partial charge on any atom is -0.466 e. The Morgan fingerprint density at radius 1 is 1.32 bits per heavy atom.